The van der Waals surface area contributed by atoms with Crippen molar-refractivity contribution < 1.29 is 129 Å². The van der Waals surface area contributed by atoms with E-state index in [4.69, 9.17) is 47.4 Å². The molecule has 33 atom stereocenters. The van der Waals surface area contributed by atoms with E-state index in [0.29, 0.717) is 19.3 Å². The SMILES string of the molecule is CC(C)=CCC[C@](C)(O[C@@H]1O[C@H](CO[C@@H]2O[C@H](CO[C@H]3OC[C@@H](O)[C@@H](O)[C@H]3O)[C@@H](O)[C@H](O)[C@H]2O)[C@@H](O)[C@H](O)[C@H]1O)[C@H]1CC[C@]2(C)[C@@H]1CC[C@@H]1[C@@]3(C)CC[C@H](O[C@@H]4O[C@H](CO)[C@@H](O)[C@H](O)[C@H]4O[C@@H]4O[C@H](CO)[C@@H](O)[C@H](O)[C@H]4O)C(C)(C)[C@@H]3CC[C@]12C. The lowest BCUT2D eigenvalue weighted by molar-refractivity contribution is -0.378. The van der Waals surface area contributed by atoms with Gasteiger partial charge in [0.15, 0.2) is 31.5 Å². The Hall–Kier alpha value is -1.30. The molecule has 9 rings (SSSR count). The first kappa shape index (κ1) is 68.1. The third kappa shape index (κ3) is 12.5. The van der Waals surface area contributed by atoms with E-state index < -0.39 is 191 Å². The first-order valence-electron chi connectivity index (χ1n) is 30.7. The van der Waals surface area contributed by atoms with Crippen LogP contribution < -0.4 is 0 Å². The maximum Gasteiger partial charge on any atom is 0.187 e. The first-order chi connectivity index (χ1) is 39.9. The standard InChI is InChI=1S/C59H100O26/c1-25(2)10-9-16-59(8,85-53-48(75)43(70)40(67)32(82-53)24-78-51-46(73)42(69)39(66)31(81-51)23-77-50-45(72)36(63)28(62)22-76-50)27-13-18-57(6)26(27)11-12-34-56(5)17-15-35(55(3,4)33(56)14-19-58(34,57)7)83-54-49(44(71)38(65)30(21-61)80-54)84-52-47(74)41(68)37(64)29(20-60)79-52/h10,26-54,60-75H,9,11-24H2,1-8H3/t26-,27+,28-,29-,30-,31-,32-,33+,34-,35+,36-,37-,38-,39-,40-,41+,42+,43+,44+,45-,46-,47-,48-,49-,50-,51-,52+,53+,54+,56+,57-,58-,59+/m1/s1. The van der Waals surface area contributed by atoms with E-state index in [-0.39, 0.29) is 46.5 Å². The Morgan fingerprint density at radius 3 is 1.64 bits per heavy atom. The number of hydrogen-bond donors (Lipinski definition) is 16. The lowest BCUT2D eigenvalue weighted by atomic mass is 9.35. The highest BCUT2D eigenvalue weighted by atomic mass is 16.8. The number of fused-ring (bicyclic) bond motifs is 5. The van der Waals surface area contributed by atoms with Crippen LogP contribution >= 0.6 is 0 Å². The molecular formula is C59H100O26. The predicted molar refractivity (Wildman–Crippen MR) is 291 cm³/mol. The molecule has 5 aliphatic heterocycles. The van der Waals surface area contributed by atoms with E-state index in [9.17, 15) is 81.7 Å². The van der Waals surface area contributed by atoms with Gasteiger partial charge in [-0.2, -0.15) is 0 Å². The molecule has 9 fully saturated rings. The summed E-state index contributed by atoms with van der Waals surface area (Å²) >= 11 is 0. The maximum absolute atomic E-state index is 11.7. The minimum Gasteiger partial charge on any atom is -0.394 e. The number of ether oxygens (including phenoxy) is 10. The Labute approximate surface area is 496 Å². The monoisotopic (exact) mass is 1220 g/mol. The van der Waals surface area contributed by atoms with Crippen LogP contribution in [0.5, 0.6) is 0 Å². The molecule has 85 heavy (non-hydrogen) atoms. The normalized spacial score (nSPS) is 52.5. The summed E-state index contributed by atoms with van der Waals surface area (Å²) in [4.78, 5) is 0. The molecule has 492 valence electrons. The van der Waals surface area contributed by atoms with Crippen LogP contribution in [0, 0.1) is 45.3 Å². The number of rotatable bonds is 18. The molecule has 0 bridgehead atoms. The molecule has 0 spiro atoms. The zero-order valence-corrected chi connectivity index (χ0v) is 50.2. The summed E-state index contributed by atoms with van der Waals surface area (Å²) in [7, 11) is 0. The van der Waals surface area contributed by atoms with Crippen LogP contribution in [-0.4, -0.2) is 274 Å². The van der Waals surface area contributed by atoms with Crippen molar-refractivity contribution in [3.05, 3.63) is 11.6 Å². The quantitative estimate of drug-likeness (QED) is 0.0490. The van der Waals surface area contributed by atoms with Crippen molar-refractivity contribution >= 4 is 0 Å². The van der Waals surface area contributed by atoms with Gasteiger partial charge >= 0.3 is 0 Å². The van der Waals surface area contributed by atoms with Gasteiger partial charge in [-0.1, -0.05) is 46.3 Å². The van der Waals surface area contributed by atoms with Crippen LogP contribution in [0.3, 0.4) is 0 Å². The molecule has 0 unspecified atom stereocenters. The second-order valence-electron chi connectivity index (χ2n) is 28.0. The van der Waals surface area contributed by atoms with Gasteiger partial charge in [-0.15, -0.1) is 0 Å². The summed E-state index contributed by atoms with van der Waals surface area (Å²) in [5.74, 6) is 0.533. The molecule has 9 aliphatic rings. The first-order valence-corrected chi connectivity index (χ1v) is 30.7. The van der Waals surface area contributed by atoms with Crippen molar-refractivity contribution in [3.8, 4) is 0 Å². The minimum absolute atomic E-state index is 0.0435. The van der Waals surface area contributed by atoms with Gasteiger partial charge < -0.3 is 129 Å². The summed E-state index contributed by atoms with van der Waals surface area (Å²) in [5.41, 5.74) is -0.834. The average molecular weight is 1230 g/mol. The van der Waals surface area contributed by atoms with Crippen LogP contribution in [0.4, 0.5) is 0 Å². The average Bonchev–Trinajstić information content (AvgIpc) is 1.84. The molecule has 26 nitrogen and oxygen atoms in total. The van der Waals surface area contributed by atoms with Crippen molar-refractivity contribution in [3.63, 3.8) is 0 Å². The molecule has 5 heterocycles. The summed E-state index contributed by atoms with van der Waals surface area (Å²) in [6, 6.07) is 0. The van der Waals surface area contributed by atoms with E-state index >= 15 is 0 Å². The number of aliphatic hydroxyl groups excluding tert-OH is 16. The van der Waals surface area contributed by atoms with Crippen molar-refractivity contribution in [2.75, 3.05) is 33.0 Å². The molecular weight excluding hydrogens is 1120 g/mol. The Morgan fingerprint density at radius 2 is 1.02 bits per heavy atom. The van der Waals surface area contributed by atoms with Crippen molar-refractivity contribution in [1.29, 1.82) is 0 Å². The smallest absolute Gasteiger partial charge is 0.187 e. The van der Waals surface area contributed by atoms with E-state index in [0.717, 1.165) is 50.5 Å². The van der Waals surface area contributed by atoms with E-state index in [1.165, 1.54) is 0 Å². The van der Waals surface area contributed by atoms with Gasteiger partial charge in [0.1, 0.15) is 116 Å². The Bertz CT molecular complexity index is 2230. The molecule has 4 aliphatic carbocycles. The summed E-state index contributed by atoms with van der Waals surface area (Å²) in [5, 5.41) is 172. The van der Waals surface area contributed by atoms with Crippen LogP contribution in [0.1, 0.15) is 120 Å². The van der Waals surface area contributed by atoms with Crippen molar-refractivity contribution in [2.45, 2.75) is 279 Å². The molecule has 26 heteroatoms. The van der Waals surface area contributed by atoms with Gasteiger partial charge in [-0.25, -0.2) is 0 Å². The lowest BCUT2D eigenvalue weighted by Gasteiger charge is -2.70. The largest absolute Gasteiger partial charge is 0.394 e. The van der Waals surface area contributed by atoms with Gasteiger partial charge in [0.05, 0.1) is 44.7 Å². The number of hydrogen-bond acceptors (Lipinski definition) is 26. The molecule has 16 N–H and O–H groups in total. The van der Waals surface area contributed by atoms with Crippen LogP contribution in [0.25, 0.3) is 0 Å². The Balaban J connectivity index is 0.888. The molecule has 0 aromatic carbocycles. The van der Waals surface area contributed by atoms with Gasteiger partial charge in [0, 0.05) is 0 Å². The Morgan fingerprint density at radius 1 is 0.506 bits per heavy atom. The van der Waals surface area contributed by atoms with Crippen molar-refractivity contribution in [2.24, 2.45) is 45.3 Å². The predicted octanol–water partition coefficient (Wildman–Crippen LogP) is -2.71. The third-order valence-corrected chi connectivity index (χ3v) is 22.6. The van der Waals surface area contributed by atoms with E-state index in [1.54, 1.807) is 0 Å². The van der Waals surface area contributed by atoms with E-state index in [1.807, 2.05) is 20.8 Å². The highest BCUT2D eigenvalue weighted by Gasteiger charge is 2.70. The van der Waals surface area contributed by atoms with Gasteiger partial charge in [-0.05, 0) is 130 Å². The lowest BCUT2D eigenvalue weighted by Crippen LogP contribution is -2.67. The van der Waals surface area contributed by atoms with Gasteiger partial charge in [0.25, 0.3) is 0 Å². The fraction of sp³-hybridized carbons (Fsp3) is 0.966. The fourth-order valence-electron chi connectivity index (χ4n) is 17.4. The van der Waals surface area contributed by atoms with Crippen LogP contribution in [0.15, 0.2) is 11.6 Å². The Kier molecular flexibility index (Phi) is 21.1. The minimum atomic E-state index is -1.82. The number of allylic oxidation sites excluding steroid dienone is 2. The second-order valence-corrected chi connectivity index (χ2v) is 28.0. The summed E-state index contributed by atoms with van der Waals surface area (Å²) < 4.78 is 60.5. The third-order valence-electron chi connectivity index (χ3n) is 22.6. The highest BCUT2D eigenvalue weighted by Crippen LogP contribution is 2.76. The van der Waals surface area contributed by atoms with Crippen LogP contribution in [0.2, 0.25) is 0 Å². The van der Waals surface area contributed by atoms with Crippen molar-refractivity contribution in [1.82, 2.24) is 0 Å². The maximum atomic E-state index is 11.7. The van der Waals surface area contributed by atoms with Gasteiger partial charge in [0.2, 0.25) is 0 Å². The molecule has 0 aromatic heterocycles. The highest BCUT2D eigenvalue weighted by molar-refractivity contribution is 5.19. The molecule has 4 saturated carbocycles. The summed E-state index contributed by atoms with van der Waals surface area (Å²) in [6.45, 7) is 14.9. The zero-order valence-electron chi connectivity index (χ0n) is 50.2. The molecule has 0 radical (unpaired) electrons. The molecule has 0 amide bonds. The topological polar surface area (TPSA) is 416 Å². The summed E-state index contributed by atoms with van der Waals surface area (Å²) in [6.07, 6.45) is -28.7. The van der Waals surface area contributed by atoms with E-state index in [2.05, 4.69) is 40.7 Å². The number of aliphatic hydroxyl groups is 16. The van der Waals surface area contributed by atoms with Crippen LogP contribution in [-0.2, 0) is 47.4 Å². The zero-order chi connectivity index (χ0) is 62.2. The molecule has 0 aromatic rings. The fourth-order valence-corrected chi connectivity index (χ4v) is 17.4. The second kappa shape index (κ2) is 26.4. The molecule has 5 saturated heterocycles. The van der Waals surface area contributed by atoms with Gasteiger partial charge in [-0.3, -0.25) is 0 Å².